The summed E-state index contributed by atoms with van der Waals surface area (Å²) in [4.78, 5) is 12.8. The van der Waals surface area contributed by atoms with Crippen LogP contribution in [0.15, 0.2) is 24.3 Å². The van der Waals surface area contributed by atoms with E-state index in [9.17, 15) is 25.2 Å². The molecule has 57 heavy (non-hydrogen) atoms. The van der Waals surface area contributed by atoms with Gasteiger partial charge in [-0.15, -0.1) is 0 Å². The maximum atomic E-state index is 12.8. The predicted molar refractivity (Wildman–Crippen MR) is 233 cm³/mol. The van der Waals surface area contributed by atoms with E-state index in [0.29, 0.717) is 13.0 Å². The minimum atomic E-state index is -1.53. The van der Waals surface area contributed by atoms with Gasteiger partial charge in [-0.2, -0.15) is 0 Å². The summed E-state index contributed by atoms with van der Waals surface area (Å²) in [6.07, 6.45) is 39.1. The van der Waals surface area contributed by atoms with E-state index in [0.717, 1.165) is 38.5 Å². The van der Waals surface area contributed by atoms with Crippen molar-refractivity contribution in [3.63, 3.8) is 0 Å². The molecule has 0 aromatic carbocycles. The number of ether oxygens (including phenoxy) is 4. The fraction of sp³-hybridized carbons (Fsp3) is 0.896. The highest BCUT2D eigenvalue weighted by Crippen LogP contribution is 2.23. The standard InChI is InChI=1S/C48H90O9/c1-3-5-7-9-11-13-15-17-18-19-20-21-22-23-24-25-27-29-31-33-35-37-44(50)56-42(41-55-48-47(53)46(52)45(51)43(39-49)57-48)40-54-38-36-34-32-30-28-26-16-14-12-10-8-6-4-2/h15,17,19-20,42-43,45-49,51-53H,3-14,16,18,21-41H2,1-2H3/b17-15-,20-19-. The first-order valence-electron chi connectivity index (χ1n) is 23.9. The van der Waals surface area contributed by atoms with Crippen LogP contribution in [0, 0.1) is 0 Å². The molecule has 6 unspecified atom stereocenters. The van der Waals surface area contributed by atoms with Crippen LogP contribution < -0.4 is 0 Å². The summed E-state index contributed by atoms with van der Waals surface area (Å²) in [7, 11) is 0. The Labute approximate surface area is 349 Å². The normalized spacial score (nSPS) is 20.6. The topological polar surface area (TPSA) is 135 Å². The Morgan fingerprint density at radius 2 is 1.02 bits per heavy atom. The van der Waals surface area contributed by atoms with Crippen molar-refractivity contribution in [1.82, 2.24) is 0 Å². The zero-order chi connectivity index (χ0) is 41.4. The van der Waals surface area contributed by atoms with Gasteiger partial charge in [0.25, 0.3) is 0 Å². The Bertz CT molecular complexity index is 926. The van der Waals surface area contributed by atoms with Gasteiger partial charge in [-0.3, -0.25) is 4.79 Å². The van der Waals surface area contributed by atoms with E-state index in [1.807, 2.05) is 0 Å². The molecular formula is C48H90O9. The van der Waals surface area contributed by atoms with Gasteiger partial charge in [0.2, 0.25) is 0 Å². The number of carbonyl (C=O) groups is 1. The van der Waals surface area contributed by atoms with Crippen molar-refractivity contribution >= 4 is 5.97 Å². The Hall–Kier alpha value is -1.33. The second-order valence-electron chi connectivity index (χ2n) is 16.6. The van der Waals surface area contributed by atoms with Crippen molar-refractivity contribution in [3.8, 4) is 0 Å². The molecular weight excluding hydrogens is 721 g/mol. The molecule has 1 heterocycles. The minimum absolute atomic E-state index is 0.111. The van der Waals surface area contributed by atoms with Gasteiger partial charge in [-0.25, -0.2) is 0 Å². The van der Waals surface area contributed by atoms with Crippen LogP contribution in [0.3, 0.4) is 0 Å². The maximum Gasteiger partial charge on any atom is 0.306 e. The predicted octanol–water partition coefficient (Wildman–Crippen LogP) is 11.0. The molecule has 0 spiro atoms. The highest BCUT2D eigenvalue weighted by Gasteiger charge is 2.44. The van der Waals surface area contributed by atoms with Crippen molar-refractivity contribution in [2.45, 2.75) is 250 Å². The van der Waals surface area contributed by atoms with Gasteiger partial charge in [0, 0.05) is 13.0 Å². The molecule has 0 aromatic rings. The van der Waals surface area contributed by atoms with Crippen LogP contribution in [-0.2, 0) is 23.7 Å². The van der Waals surface area contributed by atoms with Crippen molar-refractivity contribution in [3.05, 3.63) is 24.3 Å². The quantitative estimate of drug-likeness (QED) is 0.0270. The Balaban J connectivity index is 2.22. The molecule has 0 saturated carbocycles. The summed E-state index contributed by atoms with van der Waals surface area (Å²) in [5, 5.41) is 40.1. The number of carbonyl (C=O) groups excluding carboxylic acids is 1. The van der Waals surface area contributed by atoms with E-state index >= 15 is 0 Å². The molecule has 0 amide bonds. The minimum Gasteiger partial charge on any atom is -0.457 e. The van der Waals surface area contributed by atoms with E-state index in [2.05, 4.69) is 38.2 Å². The fourth-order valence-corrected chi connectivity index (χ4v) is 7.35. The number of esters is 1. The molecule has 6 atom stereocenters. The number of rotatable bonds is 41. The molecule has 9 heteroatoms. The van der Waals surface area contributed by atoms with E-state index in [-0.39, 0.29) is 19.2 Å². The lowest BCUT2D eigenvalue weighted by molar-refractivity contribution is -0.305. The average molecular weight is 811 g/mol. The molecule has 1 aliphatic rings. The molecule has 1 aliphatic heterocycles. The lowest BCUT2D eigenvalue weighted by Gasteiger charge is -2.39. The zero-order valence-corrected chi connectivity index (χ0v) is 36.9. The molecule has 0 bridgehead atoms. The molecule has 4 N–H and O–H groups in total. The third-order valence-corrected chi connectivity index (χ3v) is 11.1. The van der Waals surface area contributed by atoms with Crippen molar-refractivity contribution in [1.29, 1.82) is 0 Å². The van der Waals surface area contributed by atoms with E-state index in [1.165, 1.54) is 154 Å². The lowest BCUT2D eigenvalue weighted by atomic mass is 9.99. The molecule has 1 saturated heterocycles. The molecule has 0 radical (unpaired) electrons. The number of hydrogen-bond donors (Lipinski definition) is 4. The van der Waals surface area contributed by atoms with E-state index in [1.54, 1.807) is 0 Å². The van der Waals surface area contributed by atoms with Gasteiger partial charge in [-0.1, -0.05) is 186 Å². The lowest BCUT2D eigenvalue weighted by Crippen LogP contribution is -2.59. The second-order valence-corrected chi connectivity index (χ2v) is 16.6. The first kappa shape index (κ1) is 53.7. The Kier molecular flexibility index (Phi) is 37.8. The van der Waals surface area contributed by atoms with Crippen LogP contribution in [0.4, 0.5) is 0 Å². The number of unbranched alkanes of at least 4 members (excludes halogenated alkanes) is 26. The fourth-order valence-electron chi connectivity index (χ4n) is 7.35. The number of allylic oxidation sites excluding steroid dienone is 4. The number of hydrogen-bond acceptors (Lipinski definition) is 9. The van der Waals surface area contributed by atoms with Crippen LogP contribution in [0.1, 0.15) is 213 Å². The van der Waals surface area contributed by atoms with Crippen LogP contribution >= 0.6 is 0 Å². The summed E-state index contributed by atoms with van der Waals surface area (Å²) in [6, 6.07) is 0. The monoisotopic (exact) mass is 811 g/mol. The highest BCUT2D eigenvalue weighted by molar-refractivity contribution is 5.69. The SMILES string of the molecule is CCCCCCC/C=C\C/C=C\CCCCCCCCCCCC(=O)OC(COCCCCCCCCCCCCCCC)COC1OC(CO)C(O)C(O)C1O. The molecule has 9 nitrogen and oxygen atoms in total. The molecule has 1 rings (SSSR count). The summed E-state index contributed by atoms with van der Waals surface area (Å²) < 4.78 is 22.8. The third kappa shape index (κ3) is 31.2. The van der Waals surface area contributed by atoms with Gasteiger partial charge in [0.05, 0.1) is 19.8 Å². The van der Waals surface area contributed by atoms with Crippen LogP contribution in [-0.4, -0.2) is 89.6 Å². The van der Waals surface area contributed by atoms with Crippen molar-refractivity contribution in [2.75, 3.05) is 26.4 Å². The Morgan fingerprint density at radius 3 is 1.51 bits per heavy atom. The highest BCUT2D eigenvalue weighted by atomic mass is 16.7. The molecule has 0 aromatic heterocycles. The summed E-state index contributed by atoms with van der Waals surface area (Å²) in [5.74, 6) is -0.315. The van der Waals surface area contributed by atoms with Crippen LogP contribution in [0.2, 0.25) is 0 Å². The molecule has 336 valence electrons. The van der Waals surface area contributed by atoms with Crippen molar-refractivity contribution < 1.29 is 44.2 Å². The number of aliphatic hydroxyl groups excluding tert-OH is 4. The van der Waals surface area contributed by atoms with Gasteiger partial charge < -0.3 is 39.4 Å². The maximum absolute atomic E-state index is 12.8. The summed E-state index contributed by atoms with van der Waals surface area (Å²) in [6.45, 7) is 4.57. The van der Waals surface area contributed by atoms with E-state index in [4.69, 9.17) is 18.9 Å². The van der Waals surface area contributed by atoms with Gasteiger partial charge in [-0.05, 0) is 44.9 Å². The van der Waals surface area contributed by atoms with E-state index < -0.39 is 43.4 Å². The first-order valence-corrected chi connectivity index (χ1v) is 23.9. The Morgan fingerprint density at radius 1 is 0.561 bits per heavy atom. The van der Waals surface area contributed by atoms with Crippen molar-refractivity contribution in [2.24, 2.45) is 0 Å². The zero-order valence-electron chi connectivity index (χ0n) is 36.9. The van der Waals surface area contributed by atoms with Crippen LogP contribution in [0.5, 0.6) is 0 Å². The average Bonchev–Trinajstić information content (AvgIpc) is 3.21. The largest absolute Gasteiger partial charge is 0.457 e. The second kappa shape index (κ2) is 40.1. The summed E-state index contributed by atoms with van der Waals surface area (Å²) in [5.41, 5.74) is 0. The molecule has 1 fully saturated rings. The van der Waals surface area contributed by atoms with Gasteiger partial charge in [0.1, 0.15) is 30.5 Å². The van der Waals surface area contributed by atoms with Gasteiger partial charge >= 0.3 is 5.97 Å². The smallest absolute Gasteiger partial charge is 0.306 e. The first-order chi connectivity index (χ1) is 27.9. The third-order valence-electron chi connectivity index (χ3n) is 11.1. The van der Waals surface area contributed by atoms with Crippen LogP contribution in [0.25, 0.3) is 0 Å². The number of aliphatic hydroxyl groups is 4. The van der Waals surface area contributed by atoms with Gasteiger partial charge in [0.15, 0.2) is 6.29 Å². The summed E-state index contributed by atoms with van der Waals surface area (Å²) >= 11 is 0. The molecule has 0 aliphatic carbocycles.